The molecular weight excluding hydrogens is 528 g/mol. The van der Waals surface area contributed by atoms with Gasteiger partial charge >= 0.3 is 0 Å². The van der Waals surface area contributed by atoms with E-state index < -0.39 is 11.7 Å². The number of H-pyrrole nitrogens is 1. The summed E-state index contributed by atoms with van der Waals surface area (Å²) in [5.74, 6) is -1.47. The van der Waals surface area contributed by atoms with Crippen molar-refractivity contribution >= 4 is 56.8 Å². The summed E-state index contributed by atoms with van der Waals surface area (Å²) in [5.41, 5.74) is 8.89. The number of rotatable bonds is 6. The van der Waals surface area contributed by atoms with Crippen molar-refractivity contribution in [2.75, 3.05) is 0 Å². The minimum atomic E-state index is -0.607. The molecule has 0 atom stereocenters. The highest BCUT2D eigenvalue weighted by Gasteiger charge is 2.15. The summed E-state index contributed by atoms with van der Waals surface area (Å²) in [4.78, 5) is 36.2. The summed E-state index contributed by atoms with van der Waals surface area (Å²) in [5, 5.41) is 4.40. The van der Waals surface area contributed by atoms with Crippen LogP contribution in [0.2, 0.25) is 10.0 Å². The van der Waals surface area contributed by atoms with Crippen LogP contribution in [0.25, 0.3) is 21.8 Å². The molecule has 0 spiro atoms. The lowest BCUT2D eigenvalue weighted by Gasteiger charge is -2.10. The van der Waals surface area contributed by atoms with Gasteiger partial charge in [-0.05, 0) is 42.0 Å². The molecule has 0 saturated heterocycles. The zero-order valence-corrected chi connectivity index (χ0v) is 22.1. The van der Waals surface area contributed by atoms with Crippen LogP contribution in [-0.2, 0) is 13.0 Å². The number of halogens is 3. The number of nitrogens with one attached hydrogen (secondary N) is 2. The van der Waals surface area contributed by atoms with E-state index in [0.717, 1.165) is 5.56 Å². The average Bonchev–Trinajstić information content (AvgIpc) is 3.30. The van der Waals surface area contributed by atoms with Gasteiger partial charge in [0, 0.05) is 59.3 Å². The second kappa shape index (κ2) is 11.6. The first-order valence-corrected chi connectivity index (χ1v) is 12.6. The number of benzene rings is 2. The van der Waals surface area contributed by atoms with Crippen LogP contribution in [0.15, 0.2) is 61.1 Å². The molecule has 5 aromatic rings. The van der Waals surface area contributed by atoms with Gasteiger partial charge in [-0.25, -0.2) is 4.39 Å². The highest BCUT2D eigenvalue weighted by molar-refractivity contribution is 6.35. The number of nitrogens with two attached hydrogens (primary N) is 1. The number of aromatic nitrogens is 3. The van der Waals surface area contributed by atoms with E-state index in [9.17, 15) is 14.0 Å². The monoisotopic (exact) mass is 551 g/mol. The van der Waals surface area contributed by atoms with Crippen molar-refractivity contribution in [2.24, 2.45) is 5.73 Å². The normalized spacial score (nSPS) is 10.8. The summed E-state index contributed by atoms with van der Waals surface area (Å²) in [6, 6.07) is 11.7. The molecule has 0 fully saturated rings. The smallest absolute Gasteiger partial charge is 0.251 e. The van der Waals surface area contributed by atoms with E-state index in [2.05, 4.69) is 20.3 Å². The van der Waals surface area contributed by atoms with E-state index in [-0.39, 0.29) is 28.4 Å². The maximum absolute atomic E-state index is 14.8. The lowest BCUT2D eigenvalue weighted by molar-refractivity contribution is 0.0949. The summed E-state index contributed by atoms with van der Waals surface area (Å²) < 4.78 is 14.8. The summed E-state index contributed by atoms with van der Waals surface area (Å²) in [6.45, 7) is 3.99. The van der Waals surface area contributed by atoms with E-state index in [1.807, 2.05) is 19.9 Å². The van der Waals surface area contributed by atoms with Crippen molar-refractivity contribution in [3.05, 3.63) is 105 Å². The Morgan fingerprint density at radius 2 is 1.87 bits per heavy atom. The third-order valence-corrected chi connectivity index (χ3v) is 6.30. The first-order chi connectivity index (χ1) is 18.3. The van der Waals surface area contributed by atoms with Gasteiger partial charge in [-0.3, -0.25) is 19.6 Å². The van der Waals surface area contributed by atoms with E-state index in [0.29, 0.717) is 44.7 Å². The molecule has 0 aliphatic heterocycles. The Balaban J connectivity index is 0.00000164. The van der Waals surface area contributed by atoms with Gasteiger partial charge in [0.05, 0.1) is 26.5 Å². The van der Waals surface area contributed by atoms with Crippen LogP contribution in [0, 0.1) is 5.82 Å². The Morgan fingerprint density at radius 3 is 2.63 bits per heavy atom. The quantitative estimate of drug-likeness (QED) is 0.233. The standard InChI is InChI=1S/C26H18Cl2FN5O2.C2H6/c27-17-8-16-5-13(7-19(25(30)35)24(16)33-11-17)6-18-9-14(3-4-31-18)26(36)34-10-15-1-2-21-22(23(15)29)20(28)12-32-21;1-2/h1-5,7-9,11-12,32H,6,10H2,(H2,30,35)(H,34,36);1-2H3. The number of hydrogen-bond donors (Lipinski definition) is 3. The molecule has 2 amide bonds. The van der Waals surface area contributed by atoms with Crippen molar-refractivity contribution in [3.63, 3.8) is 0 Å². The Hall–Kier alpha value is -4.01. The number of amides is 2. The molecule has 4 N–H and O–H groups in total. The lowest BCUT2D eigenvalue weighted by atomic mass is 10.0. The number of nitrogens with zero attached hydrogens (tertiary/aromatic N) is 2. The molecule has 0 saturated carbocycles. The molecule has 7 nitrogen and oxygen atoms in total. The second-order valence-electron chi connectivity index (χ2n) is 8.23. The fourth-order valence-electron chi connectivity index (χ4n) is 4.10. The van der Waals surface area contributed by atoms with E-state index >= 15 is 0 Å². The number of fused-ring (bicyclic) bond motifs is 2. The molecule has 5 rings (SSSR count). The van der Waals surface area contributed by atoms with Crippen LogP contribution in [-0.4, -0.2) is 26.8 Å². The van der Waals surface area contributed by atoms with Crippen molar-refractivity contribution in [3.8, 4) is 0 Å². The van der Waals surface area contributed by atoms with Gasteiger partial charge in [0.25, 0.3) is 11.8 Å². The van der Waals surface area contributed by atoms with Gasteiger partial charge in [-0.15, -0.1) is 0 Å². The third kappa shape index (κ3) is 5.61. The first-order valence-electron chi connectivity index (χ1n) is 11.8. The van der Waals surface area contributed by atoms with E-state index in [1.54, 1.807) is 36.4 Å². The topological polar surface area (TPSA) is 114 Å². The number of carbonyl (C=O) groups excluding carboxylic acids is 2. The number of aromatic amines is 1. The van der Waals surface area contributed by atoms with Crippen LogP contribution in [0.1, 0.15) is 51.4 Å². The molecular formula is C28H24Cl2FN5O2. The molecule has 0 aliphatic rings. The molecule has 194 valence electrons. The molecule has 0 unspecified atom stereocenters. The molecule has 38 heavy (non-hydrogen) atoms. The highest BCUT2D eigenvalue weighted by Crippen LogP contribution is 2.28. The molecule has 0 aliphatic carbocycles. The summed E-state index contributed by atoms with van der Waals surface area (Å²) >= 11 is 12.1. The van der Waals surface area contributed by atoms with Gasteiger partial charge in [0.1, 0.15) is 5.82 Å². The fourth-order valence-corrected chi connectivity index (χ4v) is 4.51. The molecule has 2 aromatic carbocycles. The number of pyridine rings is 2. The van der Waals surface area contributed by atoms with Gasteiger partial charge in [0.15, 0.2) is 0 Å². The van der Waals surface area contributed by atoms with Crippen LogP contribution in [0.5, 0.6) is 0 Å². The maximum Gasteiger partial charge on any atom is 0.251 e. The third-order valence-electron chi connectivity index (χ3n) is 5.79. The minimum Gasteiger partial charge on any atom is -0.366 e. The van der Waals surface area contributed by atoms with Gasteiger partial charge in [0.2, 0.25) is 0 Å². The van der Waals surface area contributed by atoms with Crippen LogP contribution >= 0.6 is 23.2 Å². The minimum absolute atomic E-state index is 0.0137. The predicted octanol–water partition coefficient (Wildman–Crippen LogP) is 6.20. The van der Waals surface area contributed by atoms with Crippen LogP contribution < -0.4 is 11.1 Å². The predicted molar refractivity (Wildman–Crippen MR) is 148 cm³/mol. The molecule has 3 aromatic heterocycles. The van der Waals surface area contributed by atoms with Crippen LogP contribution in [0.4, 0.5) is 4.39 Å². The second-order valence-corrected chi connectivity index (χ2v) is 9.07. The van der Waals surface area contributed by atoms with Gasteiger partial charge in [-0.2, -0.15) is 0 Å². The Kier molecular flexibility index (Phi) is 8.24. The first kappa shape index (κ1) is 27.0. The number of carbonyl (C=O) groups is 2. The average molecular weight is 552 g/mol. The van der Waals surface area contributed by atoms with E-state index in [1.165, 1.54) is 18.6 Å². The van der Waals surface area contributed by atoms with Crippen molar-refractivity contribution in [1.29, 1.82) is 0 Å². The molecule has 3 heterocycles. The number of primary amides is 1. The Bertz CT molecular complexity index is 1670. The molecule has 10 heteroatoms. The van der Waals surface area contributed by atoms with Gasteiger partial charge < -0.3 is 16.0 Å². The summed E-state index contributed by atoms with van der Waals surface area (Å²) in [6.07, 6.45) is 4.83. The Labute approximate surface area is 228 Å². The molecule has 0 radical (unpaired) electrons. The largest absolute Gasteiger partial charge is 0.366 e. The highest BCUT2D eigenvalue weighted by atomic mass is 35.5. The zero-order chi connectivity index (χ0) is 27.4. The molecule has 0 bridgehead atoms. The lowest BCUT2D eigenvalue weighted by Crippen LogP contribution is -2.23. The number of hydrogen-bond acceptors (Lipinski definition) is 4. The maximum atomic E-state index is 14.8. The van der Waals surface area contributed by atoms with Crippen LogP contribution in [0.3, 0.4) is 0 Å². The zero-order valence-electron chi connectivity index (χ0n) is 20.6. The fraction of sp³-hybridized carbons (Fsp3) is 0.143. The van der Waals surface area contributed by atoms with Crippen molar-refractivity contribution in [1.82, 2.24) is 20.3 Å². The van der Waals surface area contributed by atoms with Crippen molar-refractivity contribution in [2.45, 2.75) is 26.8 Å². The van der Waals surface area contributed by atoms with E-state index in [4.69, 9.17) is 28.9 Å². The van der Waals surface area contributed by atoms with Gasteiger partial charge in [-0.1, -0.05) is 43.1 Å². The summed E-state index contributed by atoms with van der Waals surface area (Å²) in [7, 11) is 0. The SMILES string of the molecule is CC.NC(=O)c1cc(Cc2cc(C(=O)NCc3ccc4[nH]cc(Cl)c4c3F)ccn2)cc2cc(Cl)cnc12. The van der Waals surface area contributed by atoms with Crippen molar-refractivity contribution < 1.29 is 14.0 Å². The Morgan fingerprint density at radius 1 is 1.08 bits per heavy atom.